The lowest BCUT2D eigenvalue weighted by molar-refractivity contribution is 0.622. The van der Waals surface area contributed by atoms with E-state index < -0.39 is 5.95 Å². The molecule has 0 aromatic rings. The normalized spacial score (nSPS) is 18.6. The first-order valence-electron chi connectivity index (χ1n) is 2.36. The molecule has 1 rings (SSSR count). The molecule has 1 aliphatic rings. The first-order chi connectivity index (χ1) is 3.79. The van der Waals surface area contributed by atoms with Gasteiger partial charge in [0.15, 0.2) is 0 Å². The highest BCUT2D eigenvalue weighted by Crippen LogP contribution is 2.09. The van der Waals surface area contributed by atoms with Gasteiger partial charge in [-0.3, -0.25) is 0 Å². The predicted molar refractivity (Wildman–Crippen MR) is 31.4 cm³/mol. The van der Waals surface area contributed by atoms with Gasteiger partial charge in [0.2, 0.25) is 5.95 Å². The van der Waals surface area contributed by atoms with Crippen LogP contribution in [0.4, 0.5) is 4.39 Å². The molecule has 0 radical (unpaired) electrons. The van der Waals surface area contributed by atoms with E-state index in [1.807, 2.05) is 0 Å². The number of allylic oxidation sites excluding steroid dienone is 2. The van der Waals surface area contributed by atoms with E-state index >= 15 is 0 Å². The summed E-state index contributed by atoms with van der Waals surface area (Å²) in [5, 5.41) is 0. The van der Waals surface area contributed by atoms with Gasteiger partial charge < -0.3 is 0 Å². The largest absolute Gasteiger partial charge is 0.228 e. The Morgan fingerprint density at radius 2 is 2.50 bits per heavy atom. The van der Waals surface area contributed by atoms with Crippen LogP contribution in [-0.4, -0.2) is 6.21 Å². The van der Waals surface area contributed by atoms with Crippen molar-refractivity contribution in [1.29, 1.82) is 0 Å². The van der Waals surface area contributed by atoms with Gasteiger partial charge in [0.1, 0.15) is 0 Å². The van der Waals surface area contributed by atoms with Crippen molar-refractivity contribution in [1.82, 2.24) is 0 Å². The molecule has 0 aromatic heterocycles. The van der Waals surface area contributed by atoms with Gasteiger partial charge >= 0.3 is 0 Å². The summed E-state index contributed by atoms with van der Waals surface area (Å²) in [7, 11) is 0. The van der Waals surface area contributed by atoms with Crippen molar-refractivity contribution in [3.8, 4) is 0 Å². The second kappa shape index (κ2) is 1.90. The van der Waals surface area contributed by atoms with Crippen LogP contribution < -0.4 is 0 Å². The van der Waals surface area contributed by atoms with E-state index in [0.29, 0.717) is 6.42 Å². The number of hydrogen-bond donors (Lipinski definition) is 0. The van der Waals surface area contributed by atoms with Crippen molar-refractivity contribution in [3.05, 3.63) is 24.2 Å². The Hall–Kier alpha value is -0.920. The first kappa shape index (κ1) is 5.22. The van der Waals surface area contributed by atoms with Crippen LogP contribution in [0, 0.1) is 0 Å². The minimum atomic E-state index is -0.405. The second-order valence-corrected chi connectivity index (χ2v) is 1.65. The van der Waals surface area contributed by atoms with E-state index in [4.69, 9.17) is 0 Å². The Balaban J connectivity index is 2.71. The van der Waals surface area contributed by atoms with E-state index in [1.165, 1.54) is 12.3 Å². The van der Waals surface area contributed by atoms with Crippen LogP contribution in [0.25, 0.3) is 0 Å². The summed E-state index contributed by atoms with van der Waals surface area (Å²) in [5.41, 5.74) is 0.853. The Kier molecular flexibility index (Phi) is 1.24. The molecule has 0 aliphatic carbocycles. The molecule has 0 aromatic carbocycles. The summed E-state index contributed by atoms with van der Waals surface area (Å²) < 4.78 is 12.0. The molecule has 1 nitrogen and oxygen atoms in total. The molecule has 0 bridgehead atoms. The summed E-state index contributed by atoms with van der Waals surface area (Å²) in [6, 6.07) is 0. The fourth-order valence-electron chi connectivity index (χ4n) is 0.474. The van der Waals surface area contributed by atoms with Gasteiger partial charge in [0.25, 0.3) is 0 Å². The predicted octanol–water partition coefficient (Wildman–Crippen LogP) is 1.83. The van der Waals surface area contributed by atoms with Crippen LogP contribution >= 0.6 is 0 Å². The topological polar surface area (TPSA) is 12.4 Å². The average Bonchev–Trinajstić information content (AvgIpc) is 1.77. The highest BCUT2D eigenvalue weighted by Gasteiger charge is 1.96. The summed E-state index contributed by atoms with van der Waals surface area (Å²) in [4.78, 5) is 3.38. The molecule has 8 heavy (non-hydrogen) atoms. The van der Waals surface area contributed by atoms with Crippen LogP contribution in [-0.2, 0) is 0 Å². The fourth-order valence-corrected chi connectivity index (χ4v) is 0.474. The number of halogens is 1. The molecule has 0 saturated carbocycles. The maximum Gasteiger partial charge on any atom is 0.209 e. The molecule has 0 saturated heterocycles. The van der Waals surface area contributed by atoms with Crippen molar-refractivity contribution < 1.29 is 4.39 Å². The van der Waals surface area contributed by atoms with Gasteiger partial charge in [-0.15, -0.1) is 0 Å². The molecule has 0 fully saturated rings. The fraction of sp³-hybridized carbons (Fsp3) is 0.167. The summed E-state index contributed by atoms with van der Waals surface area (Å²) in [5.74, 6) is -0.405. The minimum absolute atomic E-state index is 0.405. The Morgan fingerprint density at radius 3 is 2.88 bits per heavy atom. The van der Waals surface area contributed by atoms with E-state index in [9.17, 15) is 4.39 Å². The zero-order valence-corrected chi connectivity index (χ0v) is 4.39. The molecule has 2 heteroatoms. The van der Waals surface area contributed by atoms with Crippen molar-refractivity contribution >= 4 is 6.21 Å². The molecular weight excluding hydrogens is 105 g/mol. The number of nitrogens with zero attached hydrogens (tertiary/aromatic N) is 1. The van der Waals surface area contributed by atoms with Gasteiger partial charge in [-0.1, -0.05) is 6.58 Å². The van der Waals surface area contributed by atoms with Crippen LogP contribution in [0.1, 0.15) is 6.42 Å². The highest BCUT2D eigenvalue weighted by molar-refractivity contribution is 5.79. The molecule has 1 aliphatic heterocycles. The Labute approximate surface area is 47.2 Å². The first-order valence-corrected chi connectivity index (χ1v) is 2.36. The van der Waals surface area contributed by atoms with Crippen molar-refractivity contribution in [2.24, 2.45) is 4.99 Å². The van der Waals surface area contributed by atoms with Crippen molar-refractivity contribution in [2.45, 2.75) is 6.42 Å². The maximum absolute atomic E-state index is 12.0. The van der Waals surface area contributed by atoms with E-state index in [-0.39, 0.29) is 0 Å². The zero-order chi connectivity index (χ0) is 5.98. The molecule has 42 valence electrons. The SMILES string of the molecule is C=C1C=NC(F)=CC1. The lowest BCUT2D eigenvalue weighted by Gasteiger charge is -1.97. The van der Waals surface area contributed by atoms with Gasteiger partial charge in [-0.2, -0.15) is 4.39 Å². The van der Waals surface area contributed by atoms with Gasteiger partial charge in [-0.25, -0.2) is 4.99 Å². The average molecular weight is 111 g/mol. The van der Waals surface area contributed by atoms with Crippen LogP contribution in [0.15, 0.2) is 29.2 Å². The lowest BCUT2D eigenvalue weighted by atomic mass is 10.2. The van der Waals surface area contributed by atoms with E-state index in [0.717, 1.165) is 5.57 Å². The molecule has 0 N–H and O–H groups in total. The summed E-state index contributed by atoms with van der Waals surface area (Å²) in [6.07, 6.45) is 3.44. The van der Waals surface area contributed by atoms with Crippen LogP contribution in [0.5, 0.6) is 0 Å². The molecule has 0 amide bonds. The number of rotatable bonds is 0. The summed E-state index contributed by atoms with van der Waals surface area (Å²) in [6.45, 7) is 3.59. The monoisotopic (exact) mass is 111 g/mol. The molecule has 1 heterocycles. The standard InChI is InChI=1S/C6H6FN/c1-5-2-3-6(7)8-4-5/h3-4H,1-2H2. The van der Waals surface area contributed by atoms with Gasteiger partial charge in [0, 0.05) is 6.21 Å². The third-order valence-electron chi connectivity index (χ3n) is 0.903. The molecular formula is C6H6FN. The molecule has 0 atom stereocenters. The second-order valence-electron chi connectivity index (χ2n) is 1.65. The van der Waals surface area contributed by atoms with Gasteiger partial charge in [-0.05, 0) is 18.1 Å². The van der Waals surface area contributed by atoms with E-state index in [2.05, 4.69) is 11.6 Å². The number of hydrogen-bond acceptors (Lipinski definition) is 1. The maximum atomic E-state index is 12.0. The third kappa shape index (κ3) is 1.03. The Morgan fingerprint density at radius 1 is 1.75 bits per heavy atom. The van der Waals surface area contributed by atoms with Crippen LogP contribution in [0.2, 0.25) is 0 Å². The highest BCUT2D eigenvalue weighted by atomic mass is 19.1. The number of aliphatic imine (C=N–C) groups is 1. The quantitative estimate of drug-likeness (QED) is 0.423. The smallest absolute Gasteiger partial charge is 0.209 e. The third-order valence-corrected chi connectivity index (χ3v) is 0.903. The molecule has 0 unspecified atom stereocenters. The molecule has 0 spiro atoms. The van der Waals surface area contributed by atoms with Crippen molar-refractivity contribution in [2.75, 3.05) is 0 Å². The van der Waals surface area contributed by atoms with Gasteiger partial charge in [0.05, 0.1) is 0 Å². The zero-order valence-electron chi connectivity index (χ0n) is 4.39. The lowest BCUT2D eigenvalue weighted by Crippen LogP contribution is -1.86. The van der Waals surface area contributed by atoms with Crippen LogP contribution in [0.3, 0.4) is 0 Å². The summed E-state index contributed by atoms with van der Waals surface area (Å²) >= 11 is 0. The van der Waals surface area contributed by atoms with Crippen molar-refractivity contribution in [3.63, 3.8) is 0 Å². The van der Waals surface area contributed by atoms with E-state index in [1.54, 1.807) is 0 Å². The Bertz CT molecular complexity index is 165. The minimum Gasteiger partial charge on any atom is -0.228 e.